The monoisotopic (exact) mass is 353 g/mol. The van der Waals surface area contributed by atoms with Crippen LogP contribution in [0.15, 0.2) is 0 Å². The summed E-state index contributed by atoms with van der Waals surface area (Å²) < 4.78 is 5.80. The summed E-state index contributed by atoms with van der Waals surface area (Å²) in [5, 5.41) is 0. The molecule has 0 spiro atoms. The molecule has 25 heavy (non-hydrogen) atoms. The Morgan fingerprint density at radius 1 is 0.640 bits per heavy atom. The molecule has 2 unspecified atom stereocenters. The highest BCUT2D eigenvalue weighted by Gasteiger charge is 2.62. The summed E-state index contributed by atoms with van der Waals surface area (Å²) in [6.45, 7) is 8.76. The van der Waals surface area contributed by atoms with E-state index in [4.69, 9.17) is 10.5 Å². The average molecular weight is 354 g/mol. The van der Waals surface area contributed by atoms with E-state index in [1.807, 2.05) is 0 Å². The minimum Gasteiger partial charge on any atom is -0.362 e. The topological polar surface area (TPSA) is 38.5 Å². The van der Waals surface area contributed by atoms with Gasteiger partial charge in [0.2, 0.25) is 0 Å². The van der Waals surface area contributed by atoms with E-state index >= 15 is 0 Å². The van der Waals surface area contributed by atoms with Crippen molar-refractivity contribution in [1.29, 1.82) is 0 Å². The number of epoxide rings is 1. The van der Waals surface area contributed by atoms with Gasteiger partial charge in [0, 0.05) is 6.04 Å². The molecule has 0 aromatic carbocycles. The van der Waals surface area contributed by atoms with Crippen molar-refractivity contribution in [2.75, 3.05) is 0 Å². The van der Waals surface area contributed by atoms with Crippen molar-refractivity contribution in [3.05, 3.63) is 0 Å². The first-order chi connectivity index (χ1) is 11.9. The molecule has 1 saturated heterocycles. The van der Waals surface area contributed by atoms with Gasteiger partial charge < -0.3 is 10.5 Å². The second-order valence-electron chi connectivity index (χ2n) is 9.06. The zero-order chi connectivity index (χ0) is 18.6. The van der Waals surface area contributed by atoms with Gasteiger partial charge >= 0.3 is 0 Å². The van der Waals surface area contributed by atoms with E-state index in [0.717, 1.165) is 6.42 Å². The van der Waals surface area contributed by atoms with Gasteiger partial charge in [0.15, 0.2) is 0 Å². The summed E-state index contributed by atoms with van der Waals surface area (Å²) in [7, 11) is 0. The van der Waals surface area contributed by atoms with Crippen molar-refractivity contribution in [3.8, 4) is 0 Å². The Morgan fingerprint density at radius 2 is 0.960 bits per heavy atom. The lowest BCUT2D eigenvalue weighted by atomic mass is 9.88. The lowest BCUT2D eigenvalue weighted by molar-refractivity contribution is 0.253. The molecule has 150 valence electrons. The normalized spacial score (nSPS) is 22.9. The largest absolute Gasteiger partial charge is 0.362 e. The third-order valence-electron chi connectivity index (χ3n) is 6.45. The summed E-state index contributed by atoms with van der Waals surface area (Å²) in [5.74, 6) is 0. The van der Waals surface area contributed by atoms with Crippen molar-refractivity contribution in [3.63, 3.8) is 0 Å². The lowest BCUT2D eigenvalue weighted by Gasteiger charge is -2.18. The lowest BCUT2D eigenvalue weighted by Crippen LogP contribution is -2.39. The number of unbranched alkanes of at least 4 members (excludes halogenated alkanes) is 14. The van der Waals surface area contributed by atoms with Crippen LogP contribution in [0.4, 0.5) is 0 Å². The van der Waals surface area contributed by atoms with Crippen molar-refractivity contribution in [2.45, 2.75) is 148 Å². The molecule has 1 rings (SSSR count). The number of hydrogen-bond donors (Lipinski definition) is 1. The predicted octanol–water partition coefficient (Wildman–Crippen LogP) is 7.14. The molecule has 1 aliphatic rings. The molecule has 0 radical (unpaired) electrons. The van der Waals surface area contributed by atoms with Crippen LogP contribution < -0.4 is 5.73 Å². The van der Waals surface area contributed by atoms with Gasteiger partial charge in [-0.15, -0.1) is 0 Å². The van der Waals surface area contributed by atoms with E-state index in [-0.39, 0.29) is 17.2 Å². The third-order valence-corrected chi connectivity index (χ3v) is 6.45. The molecular formula is C23H47NO. The van der Waals surface area contributed by atoms with Gasteiger partial charge in [0.05, 0.1) is 5.60 Å². The maximum Gasteiger partial charge on any atom is 0.110 e. The van der Waals surface area contributed by atoms with Crippen LogP contribution >= 0.6 is 0 Å². The minimum atomic E-state index is -0.0804. The second-order valence-corrected chi connectivity index (χ2v) is 9.06. The summed E-state index contributed by atoms with van der Waals surface area (Å²) in [6.07, 6.45) is 22.3. The van der Waals surface area contributed by atoms with E-state index in [1.165, 1.54) is 96.3 Å². The summed E-state index contributed by atoms with van der Waals surface area (Å²) in [5.41, 5.74) is 6.23. The van der Waals surface area contributed by atoms with E-state index in [2.05, 4.69) is 27.7 Å². The molecule has 0 aliphatic carbocycles. The fourth-order valence-corrected chi connectivity index (χ4v) is 4.04. The second kappa shape index (κ2) is 12.3. The van der Waals surface area contributed by atoms with Crippen LogP contribution in [0, 0.1) is 0 Å². The van der Waals surface area contributed by atoms with Gasteiger partial charge in [-0.05, 0) is 27.2 Å². The first kappa shape index (κ1) is 23.0. The Balaban J connectivity index is 1.77. The smallest absolute Gasteiger partial charge is 0.110 e. The van der Waals surface area contributed by atoms with Crippen LogP contribution in [0.3, 0.4) is 0 Å². The zero-order valence-electron chi connectivity index (χ0n) is 17.9. The average Bonchev–Trinajstić information content (AvgIpc) is 3.10. The minimum absolute atomic E-state index is 0.0120. The first-order valence-corrected chi connectivity index (χ1v) is 11.4. The molecule has 1 heterocycles. The quantitative estimate of drug-likeness (QED) is 0.223. The molecular weight excluding hydrogens is 306 g/mol. The fraction of sp³-hybridized carbons (Fsp3) is 1.00. The Morgan fingerprint density at radius 3 is 1.28 bits per heavy atom. The van der Waals surface area contributed by atoms with Crippen LogP contribution in [0.25, 0.3) is 0 Å². The number of ether oxygens (including phenoxy) is 1. The van der Waals surface area contributed by atoms with Gasteiger partial charge in [-0.1, -0.05) is 103 Å². The van der Waals surface area contributed by atoms with E-state index in [0.29, 0.717) is 0 Å². The van der Waals surface area contributed by atoms with Gasteiger partial charge in [-0.2, -0.15) is 0 Å². The predicted molar refractivity (Wildman–Crippen MR) is 111 cm³/mol. The molecule has 0 bridgehead atoms. The maximum atomic E-state index is 6.32. The molecule has 1 fully saturated rings. The zero-order valence-corrected chi connectivity index (χ0v) is 17.9. The fourth-order valence-electron chi connectivity index (χ4n) is 4.04. The summed E-state index contributed by atoms with van der Waals surface area (Å²) in [6, 6.07) is 0.199. The molecule has 1 aliphatic heterocycles. The molecule has 2 nitrogen and oxygen atoms in total. The van der Waals surface area contributed by atoms with Crippen LogP contribution in [0.5, 0.6) is 0 Å². The Bertz CT molecular complexity index is 328. The van der Waals surface area contributed by atoms with Crippen molar-refractivity contribution >= 4 is 0 Å². The highest BCUT2D eigenvalue weighted by atomic mass is 16.6. The van der Waals surface area contributed by atoms with Crippen molar-refractivity contribution < 1.29 is 4.74 Å². The molecule has 2 N–H and O–H groups in total. The standard InChI is InChI=1S/C23H47NO/c1-5-6-7-8-9-10-11-12-13-14-15-16-17-18-19-20-21(24)23(4)22(2,3)25-23/h21H,5-20,24H2,1-4H3. The van der Waals surface area contributed by atoms with E-state index in [9.17, 15) is 0 Å². The maximum absolute atomic E-state index is 6.32. The van der Waals surface area contributed by atoms with Gasteiger partial charge in [-0.25, -0.2) is 0 Å². The Hall–Kier alpha value is -0.0800. The number of hydrogen-bond acceptors (Lipinski definition) is 2. The summed E-state index contributed by atoms with van der Waals surface area (Å²) in [4.78, 5) is 0. The highest BCUT2D eigenvalue weighted by molar-refractivity contribution is 5.13. The molecule has 0 amide bonds. The Labute approximate surface area is 158 Å². The van der Waals surface area contributed by atoms with Gasteiger partial charge in [-0.3, -0.25) is 0 Å². The van der Waals surface area contributed by atoms with Crippen molar-refractivity contribution in [2.24, 2.45) is 5.73 Å². The molecule has 0 saturated carbocycles. The Kier molecular flexibility index (Phi) is 11.3. The van der Waals surface area contributed by atoms with Crippen LogP contribution in [-0.2, 0) is 4.74 Å². The summed E-state index contributed by atoms with van der Waals surface area (Å²) >= 11 is 0. The van der Waals surface area contributed by atoms with Crippen LogP contribution in [-0.4, -0.2) is 17.2 Å². The van der Waals surface area contributed by atoms with Crippen molar-refractivity contribution in [1.82, 2.24) is 0 Å². The highest BCUT2D eigenvalue weighted by Crippen LogP contribution is 2.49. The van der Waals surface area contributed by atoms with Gasteiger partial charge in [0.1, 0.15) is 5.60 Å². The third kappa shape index (κ3) is 8.91. The molecule has 0 aromatic heterocycles. The van der Waals surface area contributed by atoms with Crippen LogP contribution in [0.1, 0.15) is 130 Å². The molecule has 2 heteroatoms. The first-order valence-electron chi connectivity index (χ1n) is 11.4. The van der Waals surface area contributed by atoms with E-state index in [1.54, 1.807) is 0 Å². The SMILES string of the molecule is CCCCCCCCCCCCCCCCCC(N)C1(C)OC1(C)C. The number of nitrogens with two attached hydrogens (primary N) is 1. The van der Waals surface area contributed by atoms with Gasteiger partial charge in [0.25, 0.3) is 0 Å². The number of rotatable bonds is 17. The molecule has 0 aromatic rings. The molecule has 2 atom stereocenters. The van der Waals surface area contributed by atoms with E-state index < -0.39 is 0 Å². The van der Waals surface area contributed by atoms with Crippen LogP contribution in [0.2, 0.25) is 0 Å².